The van der Waals surface area contributed by atoms with E-state index >= 15 is 0 Å². The van der Waals surface area contributed by atoms with E-state index in [-0.39, 0.29) is 16.4 Å². The molecule has 0 amide bonds. The maximum atomic E-state index is 13.5. The lowest BCUT2D eigenvalue weighted by atomic mass is 10.2. The zero-order valence-electron chi connectivity index (χ0n) is 13.1. The van der Waals surface area contributed by atoms with Crippen LogP contribution in [0.5, 0.6) is 0 Å². The minimum atomic E-state index is -4.72. The minimum absolute atomic E-state index is 0.0972. The number of benzene rings is 1. The van der Waals surface area contributed by atoms with E-state index in [0.717, 1.165) is 20.2 Å². The van der Waals surface area contributed by atoms with E-state index in [0.29, 0.717) is 5.02 Å². The molecular weight excluding hydrogens is 361 g/mol. The topological polar surface area (TPSA) is 59.6 Å². The van der Waals surface area contributed by atoms with Gasteiger partial charge in [0.25, 0.3) is 5.56 Å². The predicted molar refractivity (Wildman–Crippen MR) is 85.9 cm³/mol. The van der Waals surface area contributed by atoms with Crippen LogP contribution in [0.2, 0.25) is 5.02 Å². The van der Waals surface area contributed by atoms with Crippen LogP contribution in [0.25, 0.3) is 6.20 Å². The molecule has 0 saturated heterocycles. The second-order valence-electron chi connectivity index (χ2n) is 5.50. The average molecular weight is 373 g/mol. The van der Waals surface area contributed by atoms with Crippen LogP contribution in [0.1, 0.15) is 0 Å². The molecule has 1 aliphatic heterocycles. The molecular formula is C15H12ClF3N4O2. The van der Waals surface area contributed by atoms with E-state index in [2.05, 4.69) is 4.99 Å². The molecule has 1 aliphatic rings. The summed E-state index contributed by atoms with van der Waals surface area (Å²) in [6.07, 6.45) is -5.92. The summed E-state index contributed by atoms with van der Waals surface area (Å²) in [5, 5.41) is 0.264. The van der Waals surface area contributed by atoms with Crippen LogP contribution >= 0.6 is 11.6 Å². The largest absolute Gasteiger partial charge is 0.429 e. The summed E-state index contributed by atoms with van der Waals surface area (Å²) in [6.45, 7) is 0. The Morgan fingerprint density at radius 2 is 1.68 bits per heavy atom. The van der Waals surface area contributed by atoms with E-state index < -0.39 is 23.6 Å². The maximum Gasteiger partial charge on any atom is 0.429 e. The number of halogens is 4. The van der Waals surface area contributed by atoms with Gasteiger partial charge >= 0.3 is 11.9 Å². The van der Waals surface area contributed by atoms with Gasteiger partial charge in [-0.1, -0.05) is 11.6 Å². The summed E-state index contributed by atoms with van der Waals surface area (Å²) >= 11 is 5.78. The zero-order chi connectivity index (χ0) is 18.5. The highest BCUT2D eigenvalue weighted by Crippen LogP contribution is 2.31. The highest BCUT2D eigenvalue weighted by Gasteiger charge is 2.45. The number of fused-ring (bicyclic) bond motifs is 1. The summed E-state index contributed by atoms with van der Waals surface area (Å²) in [5.74, 6) is 0. The van der Waals surface area contributed by atoms with Crippen molar-refractivity contribution in [3.63, 3.8) is 0 Å². The molecule has 6 nitrogen and oxygen atoms in total. The lowest BCUT2D eigenvalue weighted by Crippen LogP contribution is -2.62. The highest BCUT2D eigenvalue weighted by atomic mass is 35.5. The SMILES string of the molecule is Cn1c(=O)c2c(n(C)c1=O)=NC(C(F)(F)F)N(c1ccc(Cl)cc1)C=2. The van der Waals surface area contributed by atoms with E-state index in [1.807, 2.05) is 0 Å². The normalized spacial score (nSPS) is 16.9. The smallest absolute Gasteiger partial charge is 0.317 e. The van der Waals surface area contributed by atoms with Gasteiger partial charge in [0.2, 0.25) is 6.17 Å². The van der Waals surface area contributed by atoms with Gasteiger partial charge < -0.3 is 4.90 Å². The third-order valence-electron chi connectivity index (χ3n) is 3.86. The highest BCUT2D eigenvalue weighted by molar-refractivity contribution is 6.30. The number of aromatic nitrogens is 2. The van der Waals surface area contributed by atoms with Crippen LogP contribution in [0, 0.1) is 0 Å². The van der Waals surface area contributed by atoms with Crippen molar-refractivity contribution in [3.8, 4) is 0 Å². The van der Waals surface area contributed by atoms with Crippen molar-refractivity contribution in [1.82, 2.24) is 9.13 Å². The average Bonchev–Trinajstić information content (AvgIpc) is 2.57. The molecule has 0 aliphatic carbocycles. The van der Waals surface area contributed by atoms with Crippen molar-refractivity contribution in [2.75, 3.05) is 4.90 Å². The lowest BCUT2D eigenvalue weighted by molar-refractivity contribution is -0.145. The van der Waals surface area contributed by atoms with E-state index in [4.69, 9.17) is 11.6 Å². The molecule has 0 saturated carbocycles. The van der Waals surface area contributed by atoms with Gasteiger partial charge in [-0.25, -0.2) is 9.79 Å². The van der Waals surface area contributed by atoms with E-state index in [1.54, 1.807) is 0 Å². The van der Waals surface area contributed by atoms with Crippen LogP contribution in [0.3, 0.4) is 0 Å². The summed E-state index contributed by atoms with van der Waals surface area (Å²) in [4.78, 5) is 28.7. The van der Waals surface area contributed by atoms with Gasteiger partial charge in [-0.05, 0) is 24.3 Å². The Labute approximate surface area is 143 Å². The standard InChI is InChI=1S/C15H12ClF3N4O2/c1-21-11-10(12(24)22(2)14(21)25)7-23(13(20-11)15(17,18)19)9-5-3-8(16)4-6-9/h3-7,13H,1-2H3. The molecule has 1 aromatic carbocycles. The van der Waals surface area contributed by atoms with Crippen LogP contribution < -0.4 is 26.9 Å². The van der Waals surface area contributed by atoms with Gasteiger partial charge in [0.05, 0.1) is 5.22 Å². The molecule has 0 spiro atoms. The first-order valence-corrected chi connectivity index (χ1v) is 7.45. The fourth-order valence-corrected chi connectivity index (χ4v) is 2.70. The Hall–Kier alpha value is -2.55. The molecule has 1 atom stereocenters. The summed E-state index contributed by atoms with van der Waals surface area (Å²) in [5.41, 5.74) is -1.61. The Balaban J connectivity index is 2.38. The van der Waals surface area contributed by atoms with Gasteiger partial charge in [-0.3, -0.25) is 13.9 Å². The van der Waals surface area contributed by atoms with Gasteiger partial charge in [0.1, 0.15) is 5.49 Å². The number of hydrogen-bond donors (Lipinski definition) is 0. The molecule has 132 valence electrons. The molecule has 1 aromatic heterocycles. The van der Waals surface area contributed by atoms with Crippen molar-refractivity contribution < 1.29 is 13.2 Å². The molecule has 10 heteroatoms. The Morgan fingerprint density at radius 1 is 1.08 bits per heavy atom. The third kappa shape index (κ3) is 2.84. The van der Waals surface area contributed by atoms with Crippen LogP contribution in [0.4, 0.5) is 18.9 Å². The first kappa shape index (κ1) is 17.3. The van der Waals surface area contributed by atoms with Crippen LogP contribution in [0.15, 0.2) is 38.8 Å². The number of hydrogen-bond acceptors (Lipinski definition) is 4. The van der Waals surface area contributed by atoms with Crippen molar-refractivity contribution in [1.29, 1.82) is 0 Å². The quantitative estimate of drug-likeness (QED) is 0.732. The fraction of sp³-hybridized carbons (Fsp3) is 0.267. The molecule has 0 fully saturated rings. The molecule has 2 aromatic rings. The predicted octanol–water partition coefficient (Wildman–Crippen LogP) is 0.504. The monoisotopic (exact) mass is 372 g/mol. The summed E-state index contributed by atoms with van der Waals surface area (Å²) in [6, 6.07) is 5.66. The molecule has 2 heterocycles. The number of alkyl halides is 3. The third-order valence-corrected chi connectivity index (χ3v) is 4.11. The number of anilines is 1. The first-order chi connectivity index (χ1) is 11.6. The van der Waals surface area contributed by atoms with Gasteiger partial charge in [-0.2, -0.15) is 13.2 Å². The van der Waals surface area contributed by atoms with E-state index in [9.17, 15) is 22.8 Å². The lowest BCUT2D eigenvalue weighted by Gasteiger charge is -2.31. The van der Waals surface area contributed by atoms with Crippen molar-refractivity contribution in [3.05, 3.63) is 60.8 Å². The summed E-state index contributed by atoms with van der Waals surface area (Å²) < 4.78 is 42.3. The second kappa shape index (κ2) is 5.76. The molecule has 25 heavy (non-hydrogen) atoms. The molecule has 0 radical (unpaired) electrons. The van der Waals surface area contributed by atoms with Crippen LogP contribution in [-0.2, 0) is 14.1 Å². The van der Waals surface area contributed by atoms with Crippen molar-refractivity contribution >= 4 is 23.5 Å². The van der Waals surface area contributed by atoms with Gasteiger partial charge in [-0.15, -0.1) is 0 Å². The Kier molecular flexibility index (Phi) is 3.98. The molecule has 1 unspecified atom stereocenters. The number of rotatable bonds is 1. The minimum Gasteiger partial charge on any atom is -0.317 e. The maximum absolute atomic E-state index is 13.5. The van der Waals surface area contributed by atoms with Crippen molar-refractivity contribution in [2.45, 2.75) is 12.3 Å². The molecule has 0 bridgehead atoms. The summed E-state index contributed by atoms with van der Waals surface area (Å²) in [7, 11) is 2.52. The number of nitrogens with zero attached hydrogens (tertiary/aromatic N) is 4. The second-order valence-corrected chi connectivity index (χ2v) is 5.94. The van der Waals surface area contributed by atoms with E-state index in [1.165, 1.54) is 38.4 Å². The fourth-order valence-electron chi connectivity index (χ4n) is 2.58. The Bertz CT molecular complexity index is 1070. The first-order valence-electron chi connectivity index (χ1n) is 7.07. The zero-order valence-corrected chi connectivity index (χ0v) is 13.8. The van der Waals surface area contributed by atoms with Crippen LogP contribution in [-0.4, -0.2) is 21.5 Å². The van der Waals surface area contributed by atoms with Crippen molar-refractivity contribution in [2.24, 2.45) is 19.1 Å². The molecule has 3 rings (SSSR count). The Morgan fingerprint density at radius 3 is 2.24 bits per heavy atom. The van der Waals surface area contributed by atoms with Gasteiger partial charge in [0, 0.05) is 31.0 Å². The molecule has 0 N–H and O–H groups in total. The van der Waals surface area contributed by atoms with Gasteiger partial charge in [0.15, 0.2) is 0 Å².